The Morgan fingerprint density at radius 1 is 1.00 bits per heavy atom. The predicted octanol–water partition coefficient (Wildman–Crippen LogP) is 4.67. The third-order valence-corrected chi connectivity index (χ3v) is 3.50. The van der Waals surface area contributed by atoms with Crippen LogP contribution in [0.1, 0.15) is 11.1 Å². The second kappa shape index (κ2) is 7.30. The lowest BCUT2D eigenvalue weighted by Crippen LogP contribution is -2.24. The van der Waals surface area contributed by atoms with E-state index in [0.717, 1.165) is 11.1 Å². The van der Waals surface area contributed by atoms with Crippen LogP contribution >= 0.6 is 23.2 Å². The Labute approximate surface area is 134 Å². The molecule has 0 saturated carbocycles. The lowest BCUT2D eigenvalue weighted by Gasteiger charge is -2.15. The summed E-state index contributed by atoms with van der Waals surface area (Å²) in [7, 11) is 1.77. The first-order valence-electron chi connectivity index (χ1n) is 6.48. The number of benzene rings is 2. The van der Waals surface area contributed by atoms with Gasteiger partial charge in [0.1, 0.15) is 0 Å². The summed E-state index contributed by atoms with van der Waals surface area (Å²) in [5.41, 5.74) is 1.97. The highest BCUT2D eigenvalue weighted by Crippen LogP contribution is 2.12. The maximum atomic E-state index is 12.0. The summed E-state index contributed by atoms with van der Waals surface area (Å²) < 4.78 is 0. The zero-order valence-corrected chi connectivity index (χ0v) is 13.1. The first kappa shape index (κ1) is 15.6. The second-order valence-electron chi connectivity index (χ2n) is 4.71. The Kier molecular flexibility index (Phi) is 5.43. The number of halogens is 2. The van der Waals surface area contributed by atoms with Gasteiger partial charge in [0.05, 0.1) is 0 Å². The highest BCUT2D eigenvalue weighted by atomic mass is 35.5. The van der Waals surface area contributed by atoms with Gasteiger partial charge in [-0.25, -0.2) is 0 Å². The van der Waals surface area contributed by atoms with E-state index < -0.39 is 0 Å². The molecule has 108 valence electrons. The van der Waals surface area contributed by atoms with Crippen LogP contribution in [-0.2, 0) is 11.3 Å². The third kappa shape index (κ3) is 4.92. The van der Waals surface area contributed by atoms with Crippen LogP contribution in [0.2, 0.25) is 10.0 Å². The maximum Gasteiger partial charge on any atom is 0.246 e. The molecule has 0 unspecified atom stereocenters. The Balaban J connectivity index is 1.96. The number of carbonyl (C=O) groups is 1. The van der Waals surface area contributed by atoms with E-state index in [1.165, 1.54) is 0 Å². The smallest absolute Gasteiger partial charge is 0.246 e. The Morgan fingerprint density at radius 3 is 2.10 bits per heavy atom. The number of amides is 1. The highest BCUT2D eigenvalue weighted by molar-refractivity contribution is 6.30. The zero-order valence-electron chi connectivity index (χ0n) is 11.6. The van der Waals surface area contributed by atoms with Crippen molar-refractivity contribution < 1.29 is 4.79 Å². The molecule has 0 aliphatic heterocycles. The van der Waals surface area contributed by atoms with Gasteiger partial charge in [-0.05, 0) is 41.5 Å². The Morgan fingerprint density at radius 2 is 1.52 bits per heavy atom. The number of hydrogen-bond donors (Lipinski definition) is 0. The summed E-state index contributed by atoms with van der Waals surface area (Å²) in [6.45, 7) is 0.543. The van der Waals surface area contributed by atoms with Crippen molar-refractivity contribution in [1.82, 2.24) is 4.90 Å². The lowest BCUT2D eigenvalue weighted by molar-refractivity contribution is -0.125. The van der Waals surface area contributed by atoms with Crippen molar-refractivity contribution in [2.75, 3.05) is 7.05 Å². The van der Waals surface area contributed by atoms with Crippen LogP contribution < -0.4 is 0 Å². The lowest BCUT2D eigenvalue weighted by atomic mass is 10.2. The molecule has 0 N–H and O–H groups in total. The van der Waals surface area contributed by atoms with Gasteiger partial charge in [0.15, 0.2) is 0 Å². The predicted molar refractivity (Wildman–Crippen MR) is 88.4 cm³/mol. The van der Waals surface area contributed by atoms with Crippen LogP contribution in [-0.4, -0.2) is 17.9 Å². The van der Waals surface area contributed by atoms with Crippen molar-refractivity contribution in [3.05, 3.63) is 75.8 Å². The molecule has 0 aromatic heterocycles. The van der Waals surface area contributed by atoms with Gasteiger partial charge in [0.25, 0.3) is 0 Å². The van der Waals surface area contributed by atoms with Crippen molar-refractivity contribution in [2.24, 2.45) is 0 Å². The molecule has 0 heterocycles. The first-order valence-corrected chi connectivity index (χ1v) is 7.23. The molecule has 1 amide bonds. The molecule has 0 bridgehead atoms. The molecule has 2 nitrogen and oxygen atoms in total. The largest absolute Gasteiger partial charge is 0.338 e. The zero-order chi connectivity index (χ0) is 15.2. The van der Waals surface area contributed by atoms with E-state index in [2.05, 4.69) is 0 Å². The standard InChI is InChI=1S/C17H15Cl2NO/c1-20(12-14-4-9-16(19)10-5-14)17(21)11-6-13-2-7-15(18)8-3-13/h2-11H,12H2,1H3/b11-6+. The number of carbonyl (C=O) groups excluding carboxylic acids is 1. The van der Waals surface area contributed by atoms with Gasteiger partial charge >= 0.3 is 0 Å². The molecule has 0 aliphatic carbocycles. The van der Waals surface area contributed by atoms with Gasteiger partial charge in [0, 0.05) is 29.7 Å². The van der Waals surface area contributed by atoms with Crippen molar-refractivity contribution in [3.8, 4) is 0 Å². The SMILES string of the molecule is CN(Cc1ccc(Cl)cc1)C(=O)/C=C/c1ccc(Cl)cc1. The molecule has 0 radical (unpaired) electrons. The fourth-order valence-corrected chi connectivity index (χ4v) is 2.06. The summed E-state index contributed by atoms with van der Waals surface area (Å²) in [6, 6.07) is 14.8. The minimum atomic E-state index is -0.0556. The van der Waals surface area contributed by atoms with E-state index in [1.54, 1.807) is 36.2 Å². The highest BCUT2D eigenvalue weighted by Gasteiger charge is 2.05. The monoisotopic (exact) mass is 319 g/mol. The van der Waals surface area contributed by atoms with Crippen LogP contribution in [0.3, 0.4) is 0 Å². The summed E-state index contributed by atoms with van der Waals surface area (Å²) in [5.74, 6) is -0.0556. The van der Waals surface area contributed by atoms with Crippen LogP contribution in [0.5, 0.6) is 0 Å². The second-order valence-corrected chi connectivity index (χ2v) is 5.58. The molecular weight excluding hydrogens is 305 g/mol. The van der Waals surface area contributed by atoms with Gasteiger partial charge < -0.3 is 4.90 Å². The molecule has 21 heavy (non-hydrogen) atoms. The molecule has 0 fully saturated rings. The summed E-state index contributed by atoms with van der Waals surface area (Å²) in [4.78, 5) is 13.7. The molecule has 0 aliphatic rings. The molecule has 4 heteroatoms. The minimum absolute atomic E-state index is 0.0556. The van der Waals surface area contributed by atoms with E-state index in [-0.39, 0.29) is 5.91 Å². The average molecular weight is 320 g/mol. The molecule has 0 saturated heterocycles. The molecule has 0 atom stereocenters. The topological polar surface area (TPSA) is 20.3 Å². The van der Waals surface area contributed by atoms with Gasteiger partial charge in [-0.15, -0.1) is 0 Å². The number of nitrogens with zero attached hydrogens (tertiary/aromatic N) is 1. The molecular formula is C17H15Cl2NO. The van der Waals surface area contributed by atoms with E-state index in [0.29, 0.717) is 16.6 Å². The minimum Gasteiger partial charge on any atom is -0.338 e. The fraction of sp³-hybridized carbons (Fsp3) is 0.118. The quantitative estimate of drug-likeness (QED) is 0.750. The van der Waals surface area contributed by atoms with Crippen LogP contribution in [0, 0.1) is 0 Å². The van der Waals surface area contributed by atoms with Crippen molar-refractivity contribution in [2.45, 2.75) is 6.54 Å². The molecule has 0 spiro atoms. The average Bonchev–Trinajstić information content (AvgIpc) is 2.48. The molecule has 2 rings (SSSR count). The summed E-state index contributed by atoms with van der Waals surface area (Å²) in [6.07, 6.45) is 3.33. The summed E-state index contributed by atoms with van der Waals surface area (Å²) >= 11 is 11.7. The van der Waals surface area contributed by atoms with Gasteiger partial charge in [-0.3, -0.25) is 4.79 Å². The van der Waals surface area contributed by atoms with Gasteiger partial charge in [-0.1, -0.05) is 47.5 Å². The van der Waals surface area contributed by atoms with Crippen LogP contribution in [0.15, 0.2) is 54.6 Å². The Hall–Kier alpha value is -1.77. The van der Waals surface area contributed by atoms with Gasteiger partial charge in [0.2, 0.25) is 5.91 Å². The van der Waals surface area contributed by atoms with E-state index >= 15 is 0 Å². The molecule has 2 aromatic rings. The van der Waals surface area contributed by atoms with Crippen molar-refractivity contribution in [1.29, 1.82) is 0 Å². The number of hydrogen-bond acceptors (Lipinski definition) is 1. The van der Waals surface area contributed by atoms with Crippen LogP contribution in [0.4, 0.5) is 0 Å². The number of likely N-dealkylation sites (N-methyl/N-ethyl adjacent to an activating group) is 1. The maximum absolute atomic E-state index is 12.0. The van der Waals surface area contributed by atoms with Gasteiger partial charge in [-0.2, -0.15) is 0 Å². The van der Waals surface area contributed by atoms with E-state index in [4.69, 9.17) is 23.2 Å². The first-order chi connectivity index (χ1) is 10.0. The third-order valence-electron chi connectivity index (χ3n) is 3.00. The fourth-order valence-electron chi connectivity index (χ4n) is 1.81. The number of rotatable bonds is 4. The molecule has 2 aromatic carbocycles. The summed E-state index contributed by atoms with van der Waals surface area (Å²) in [5, 5.41) is 1.37. The van der Waals surface area contributed by atoms with E-state index in [9.17, 15) is 4.79 Å². The normalized spacial score (nSPS) is 10.8. The van der Waals surface area contributed by atoms with Crippen LogP contribution in [0.25, 0.3) is 6.08 Å². The van der Waals surface area contributed by atoms with Crippen molar-refractivity contribution in [3.63, 3.8) is 0 Å². The van der Waals surface area contributed by atoms with Crippen molar-refractivity contribution >= 4 is 35.2 Å². The Bertz CT molecular complexity index is 633. The van der Waals surface area contributed by atoms with E-state index in [1.807, 2.05) is 36.4 Å².